The summed E-state index contributed by atoms with van der Waals surface area (Å²) in [6.45, 7) is 1.88. The topological polar surface area (TPSA) is 82.0 Å². The van der Waals surface area contributed by atoms with Crippen molar-refractivity contribution in [1.82, 2.24) is 0 Å². The normalized spacial score (nSPS) is 17.5. The van der Waals surface area contributed by atoms with Crippen LogP contribution < -0.4 is 4.18 Å². The minimum atomic E-state index is -3.70. The Kier molecular flexibility index (Phi) is 4.58. The molecular formula is C13H15NO5S2. The number of esters is 1. The molecule has 0 amide bonds. The maximum atomic E-state index is 11.8. The van der Waals surface area contributed by atoms with Gasteiger partial charge in [-0.25, -0.2) is 9.79 Å². The SMILES string of the molecule is CSCC(C)/N=C1\OC(=O)c2cccc(OS(C)(=O)=O)c21. The van der Waals surface area contributed by atoms with Crippen molar-refractivity contribution in [2.24, 2.45) is 4.99 Å². The van der Waals surface area contributed by atoms with E-state index < -0.39 is 16.1 Å². The monoisotopic (exact) mass is 329 g/mol. The highest BCUT2D eigenvalue weighted by Crippen LogP contribution is 2.31. The fourth-order valence-electron chi connectivity index (χ4n) is 1.92. The van der Waals surface area contributed by atoms with Crippen LogP contribution in [0.5, 0.6) is 5.75 Å². The maximum absolute atomic E-state index is 11.8. The predicted molar refractivity (Wildman–Crippen MR) is 81.7 cm³/mol. The summed E-state index contributed by atoms with van der Waals surface area (Å²) in [5.41, 5.74) is 0.548. The Morgan fingerprint density at radius 2 is 2.14 bits per heavy atom. The largest absolute Gasteiger partial charge is 0.403 e. The maximum Gasteiger partial charge on any atom is 0.345 e. The molecule has 8 heteroatoms. The van der Waals surface area contributed by atoms with Crippen molar-refractivity contribution in [2.75, 3.05) is 18.3 Å². The van der Waals surface area contributed by atoms with Crippen LogP contribution in [0.25, 0.3) is 0 Å². The van der Waals surface area contributed by atoms with Gasteiger partial charge in [0, 0.05) is 5.75 Å². The number of nitrogens with zero attached hydrogens (tertiary/aromatic N) is 1. The van der Waals surface area contributed by atoms with E-state index in [0.29, 0.717) is 5.56 Å². The molecule has 0 bridgehead atoms. The van der Waals surface area contributed by atoms with E-state index in [1.807, 2.05) is 13.2 Å². The molecule has 0 fully saturated rings. The van der Waals surface area contributed by atoms with Crippen molar-refractivity contribution in [1.29, 1.82) is 0 Å². The Bertz CT molecular complexity index is 697. The average Bonchev–Trinajstić information content (AvgIpc) is 2.66. The van der Waals surface area contributed by atoms with Crippen LogP contribution in [0.3, 0.4) is 0 Å². The van der Waals surface area contributed by atoms with Gasteiger partial charge in [0.25, 0.3) is 0 Å². The zero-order valence-electron chi connectivity index (χ0n) is 11.8. The molecule has 2 rings (SSSR count). The van der Waals surface area contributed by atoms with Gasteiger partial charge in [0.15, 0.2) is 5.75 Å². The number of aliphatic imine (C=N–C) groups is 1. The molecule has 1 aliphatic rings. The number of hydrogen-bond acceptors (Lipinski definition) is 7. The predicted octanol–water partition coefficient (Wildman–Crippen LogP) is 1.69. The summed E-state index contributed by atoms with van der Waals surface area (Å²) in [5, 5.41) is 0. The van der Waals surface area contributed by atoms with Gasteiger partial charge in [-0.1, -0.05) is 6.07 Å². The van der Waals surface area contributed by atoms with Crippen LogP contribution in [0.15, 0.2) is 23.2 Å². The highest BCUT2D eigenvalue weighted by atomic mass is 32.2. The lowest BCUT2D eigenvalue weighted by Gasteiger charge is -2.08. The summed E-state index contributed by atoms with van der Waals surface area (Å²) in [5.74, 6) is 0.358. The third kappa shape index (κ3) is 3.76. The lowest BCUT2D eigenvalue weighted by atomic mass is 10.1. The van der Waals surface area contributed by atoms with Crippen molar-refractivity contribution in [2.45, 2.75) is 13.0 Å². The molecule has 0 saturated carbocycles. The second-order valence-corrected chi connectivity index (χ2v) is 7.08. The molecule has 114 valence electrons. The third-order valence-electron chi connectivity index (χ3n) is 2.64. The number of ether oxygens (including phenoxy) is 1. The van der Waals surface area contributed by atoms with Crippen LogP contribution >= 0.6 is 11.8 Å². The number of carbonyl (C=O) groups excluding carboxylic acids is 1. The first kappa shape index (κ1) is 15.8. The van der Waals surface area contributed by atoms with E-state index >= 15 is 0 Å². The summed E-state index contributed by atoms with van der Waals surface area (Å²) >= 11 is 1.61. The number of thioether (sulfide) groups is 1. The summed E-state index contributed by atoms with van der Waals surface area (Å²) in [6.07, 6.45) is 2.89. The lowest BCUT2D eigenvalue weighted by molar-refractivity contribution is 0.0736. The highest BCUT2D eigenvalue weighted by Gasteiger charge is 2.32. The van der Waals surface area contributed by atoms with Crippen LogP contribution in [0.1, 0.15) is 22.8 Å². The van der Waals surface area contributed by atoms with E-state index in [9.17, 15) is 13.2 Å². The minimum Gasteiger partial charge on any atom is -0.403 e. The molecule has 1 atom stereocenters. The van der Waals surface area contributed by atoms with Crippen LogP contribution in [-0.4, -0.2) is 44.6 Å². The van der Waals surface area contributed by atoms with Gasteiger partial charge < -0.3 is 8.92 Å². The first-order chi connectivity index (χ1) is 9.81. The Morgan fingerprint density at radius 3 is 2.76 bits per heavy atom. The molecule has 6 nitrogen and oxygen atoms in total. The van der Waals surface area contributed by atoms with Gasteiger partial charge in [0.05, 0.1) is 23.4 Å². The molecule has 0 N–H and O–H groups in total. The quantitative estimate of drug-likeness (QED) is 0.604. The van der Waals surface area contributed by atoms with Crippen LogP contribution in [0.2, 0.25) is 0 Å². The molecule has 1 aromatic carbocycles. The van der Waals surface area contributed by atoms with Gasteiger partial charge in [0.1, 0.15) is 0 Å². The Labute approximate surface area is 127 Å². The molecule has 0 aromatic heterocycles. The van der Waals surface area contributed by atoms with E-state index in [4.69, 9.17) is 8.92 Å². The van der Waals surface area contributed by atoms with Gasteiger partial charge in [-0.2, -0.15) is 20.2 Å². The van der Waals surface area contributed by atoms with Crippen molar-refractivity contribution >= 4 is 33.7 Å². The average molecular weight is 329 g/mol. The molecule has 0 radical (unpaired) electrons. The number of rotatable bonds is 5. The molecule has 1 aromatic rings. The number of hydrogen-bond donors (Lipinski definition) is 0. The number of fused-ring (bicyclic) bond motifs is 1. The summed E-state index contributed by atoms with van der Waals surface area (Å²) in [6, 6.07) is 4.49. The second kappa shape index (κ2) is 6.07. The number of benzene rings is 1. The Hall–Kier alpha value is -1.54. The lowest BCUT2D eigenvalue weighted by Crippen LogP contribution is -2.12. The highest BCUT2D eigenvalue weighted by molar-refractivity contribution is 7.98. The van der Waals surface area contributed by atoms with Gasteiger partial charge >= 0.3 is 16.1 Å². The standard InChI is InChI=1S/C13H15NO5S2/c1-8(7-20-2)14-12-11-9(13(15)18-12)5-4-6-10(11)19-21(3,16)17/h4-6,8H,7H2,1-3H3/b14-12-. The molecule has 21 heavy (non-hydrogen) atoms. The van der Waals surface area contributed by atoms with Crippen LogP contribution in [-0.2, 0) is 14.9 Å². The molecule has 1 heterocycles. The minimum absolute atomic E-state index is 0.0518. The van der Waals surface area contributed by atoms with E-state index in [1.54, 1.807) is 17.8 Å². The second-order valence-electron chi connectivity index (χ2n) is 4.59. The molecule has 0 aliphatic carbocycles. The number of cyclic esters (lactones) is 1. The van der Waals surface area contributed by atoms with Crippen molar-refractivity contribution < 1.29 is 22.1 Å². The summed E-state index contributed by atoms with van der Waals surface area (Å²) in [7, 11) is -3.70. The zero-order chi connectivity index (χ0) is 15.6. The fourth-order valence-corrected chi connectivity index (χ4v) is 2.94. The van der Waals surface area contributed by atoms with E-state index in [1.165, 1.54) is 12.1 Å². The molecule has 0 saturated heterocycles. The van der Waals surface area contributed by atoms with Crippen LogP contribution in [0.4, 0.5) is 0 Å². The zero-order valence-corrected chi connectivity index (χ0v) is 13.5. The van der Waals surface area contributed by atoms with Crippen molar-refractivity contribution in [3.05, 3.63) is 29.3 Å². The molecule has 1 aliphatic heterocycles. The fraction of sp³-hybridized carbons (Fsp3) is 0.385. The van der Waals surface area contributed by atoms with Crippen molar-refractivity contribution in [3.8, 4) is 5.75 Å². The van der Waals surface area contributed by atoms with E-state index in [-0.39, 0.29) is 23.3 Å². The first-order valence-corrected chi connectivity index (χ1v) is 9.34. The summed E-state index contributed by atoms with van der Waals surface area (Å²) in [4.78, 5) is 16.1. The first-order valence-electron chi connectivity index (χ1n) is 6.13. The molecule has 1 unspecified atom stereocenters. The molecular weight excluding hydrogens is 314 g/mol. The third-order valence-corrected chi connectivity index (χ3v) is 3.93. The van der Waals surface area contributed by atoms with Gasteiger partial charge in [-0.3, -0.25) is 0 Å². The van der Waals surface area contributed by atoms with Crippen molar-refractivity contribution in [3.63, 3.8) is 0 Å². The van der Waals surface area contributed by atoms with E-state index in [0.717, 1.165) is 12.0 Å². The number of carbonyl (C=O) groups is 1. The van der Waals surface area contributed by atoms with Gasteiger partial charge in [-0.05, 0) is 25.3 Å². The summed E-state index contributed by atoms with van der Waals surface area (Å²) < 4.78 is 32.7. The van der Waals surface area contributed by atoms with E-state index in [2.05, 4.69) is 4.99 Å². The van der Waals surface area contributed by atoms with Gasteiger partial charge in [0.2, 0.25) is 5.90 Å². The smallest absolute Gasteiger partial charge is 0.345 e. The molecule has 0 spiro atoms. The Balaban J connectivity index is 2.48. The van der Waals surface area contributed by atoms with Crippen LogP contribution in [0, 0.1) is 0 Å². The van der Waals surface area contributed by atoms with Gasteiger partial charge in [-0.15, -0.1) is 0 Å². The Morgan fingerprint density at radius 1 is 1.43 bits per heavy atom.